The van der Waals surface area contributed by atoms with Crippen LogP contribution in [0.2, 0.25) is 0 Å². The van der Waals surface area contributed by atoms with Crippen LogP contribution in [0.1, 0.15) is 30.4 Å². The van der Waals surface area contributed by atoms with E-state index in [4.69, 9.17) is 5.73 Å². The van der Waals surface area contributed by atoms with E-state index in [1.165, 1.54) is 0 Å². The van der Waals surface area contributed by atoms with Crippen LogP contribution in [0.5, 0.6) is 0 Å². The first-order valence-electron chi connectivity index (χ1n) is 5.02. The van der Waals surface area contributed by atoms with Gasteiger partial charge in [0.15, 0.2) is 0 Å². The topological polar surface area (TPSA) is 51.8 Å². The summed E-state index contributed by atoms with van der Waals surface area (Å²) >= 11 is 0. The van der Waals surface area contributed by atoms with E-state index in [1.54, 1.807) is 6.92 Å². The molecular formula is C10H14F3N3. The second kappa shape index (κ2) is 4.67. The summed E-state index contributed by atoms with van der Waals surface area (Å²) in [6.07, 6.45) is -4.69. The Kier molecular flexibility index (Phi) is 3.72. The maximum absolute atomic E-state index is 12.0. The van der Waals surface area contributed by atoms with E-state index in [9.17, 15) is 13.2 Å². The maximum atomic E-state index is 12.0. The molecular weight excluding hydrogens is 219 g/mol. The average Bonchev–Trinajstić information content (AvgIpc) is 2.18. The molecule has 0 atom stereocenters. The molecule has 2 N–H and O–H groups in total. The zero-order valence-corrected chi connectivity index (χ0v) is 9.23. The summed E-state index contributed by atoms with van der Waals surface area (Å²) < 4.78 is 36.1. The predicted octanol–water partition coefficient (Wildman–Crippen LogP) is 2.42. The van der Waals surface area contributed by atoms with Gasteiger partial charge in [0, 0.05) is 17.7 Å². The Bertz CT molecular complexity index is 374. The van der Waals surface area contributed by atoms with Gasteiger partial charge in [-0.2, -0.15) is 13.2 Å². The molecule has 0 radical (unpaired) electrons. The minimum atomic E-state index is -4.19. The predicted molar refractivity (Wildman–Crippen MR) is 54.9 cm³/mol. The largest absolute Gasteiger partial charge is 0.389 e. The summed E-state index contributed by atoms with van der Waals surface area (Å²) in [5.74, 6) is 0.432. The third-order valence-corrected chi connectivity index (χ3v) is 2.30. The quantitative estimate of drug-likeness (QED) is 0.872. The van der Waals surface area contributed by atoms with Crippen molar-refractivity contribution in [2.75, 3.05) is 5.73 Å². The van der Waals surface area contributed by atoms with Crippen LogP contribution in [0.15, 0.2) is 0 Å². The minimum absolute atomic E-state index is 0.164. The second-order valence-corrected chi connectivity index (χ2v) is 3.57. The SMILES string of the molecule is CCc1nc(CCC(F)(F)F)nc(N)c1C. The van der Waals surface area contributed by atoms with Crippen molar-refractivity contribution in [3.8, 4) is 0 Å². The fourth-order valence-electron chi connectivity index (χ4n) is 1.34. The van der Waals surface area contributed by atoms with E-state index in [1.807, 2.05) is 6.92 Å². The van der Waals surface area contributed by atoms with Crippen molar-refractivity contribution >= 4 is 5.82 Å². The molecule has 1 aromatic heterocycles. The number of aryl methyl sites for hydroxylation is 2. The number of aromatic nitrogens is 2. The highest BCUT2D eigenvalue weighted by Gasteiger charge is 2.27. The van der Waals surface area contributed by atoms with Gasteiger partial charge in [0.05, 0.1) is 6.42 Å². The maximum Gasteiger partial charge on any atom is 0.389 e. The normalized spacial score (nSPS) is 11.8. The first-order valence-corrected chi connectivity index (χ1v) is 5.02. The molecule has 0 saturated carbocycles. The Morgan fingerprint density at radius 2 is 1.88 bits per heavy atom. The number of nitrogens with two attached hydrogens (primary N) is 1. The van der Waals surface area contributed by atoms with Gasteiger partial charge in [-0.25, -0.2) is 9.97 Å². The van der Waals surface area contributed by atoms with Gasteiger partial charge in [0.1, 0.15) is 11.6 Å². The van der Waals surface area contributed by atoms with E-state index < -0.39 is 12.6 Å². The van der Waals surface area contributed by atoms with Crippen molar-refractivity contribution in [2.24, 2.45) is 0 Å². The molecule has 1 aromatic rings. The zero-order chi connectivity index (χ0) is 12.3. The van der Waals surface area contributed by atoms with Crippen LogP contribution in [-0.2, 0) is 12.8 Å². The molecule has 0 bridgehead atoms. The summed E-state index contributed by atoms with van der Waals surface area (Å²) in [6.45, 7) is 3.64. The Morgan fingerprint density at radius 3 is 2.38 bits per heavy atom. The number of anilines is 1. The molecule has 0 aliphatic carbocycles. The third-order valence-electron chi connectivity index (χ3n) is 2.30. The molecule has 1 rings (SSSR count). The molecule has 0 aliphatic heterocycles. The first-order chi connectivity index (χ1) is 7.33. The fraction of sp³-hybridized carbons (Fsp3) is 0.600. The molecule has 6 heteroatoms. The third kappa shape index (κ3) is 3.36. The van der Waals surface area contributed by atoms with E-state index in [0.717, 1.165) is 5.56 Å². The molecule has 0 saturated heterocycles. The second-order valence-electron chi connectivity index (χ2n) is 3.57. The molecule has 1 heterocycles. The number of nitrogen functional groups attached to an aromatic ring is 1. The van der Waals surface area contributed by atoms with Gasteiger partial charge < -0.3 is 5.73 Å². The van der Waals surface area contributed by atoms with Crippen molar-refractivity contribution in [3.05, 3.63) is 17.1 Å². The van der Waals surface area contributed by atoms with Gasteiger partial charge in [-0.05, 0) is 13.3 Å². The lowest BCUT2D eigenvalue weighted by molar-refractivity contribution is -0.134. The Balaban J connectivity index is 2.86. The van der Waals surface area contributed by atoms with Crippen molar-refractivity contribution < 1.29 is 13.2 Å². The Morgan fingerprint density at radius 1 is 1.25 bits per heavy atom. The van der Waals surface area contributed by atoms with Crippen molar-refractivity contribution in [1.82, 2.24) is 9.97 Å². The molecule has 0 amide bonds. The summed E-state index contributed by atoms with van der Waals surface area (Å²) in [7, 11) is 0. The van der Waals surface area contributed by atoms with E-state index in [2.05, 4.69) is 9.97 Å². The van der Waals surface area contributed by atoms with Gasteiger partial charge in [-0.15, -0.1) is 0 Å². The molecule has 0 spiro atoms. The number of hydrogen-bond acceptors (Lipinski definition) is 3. The number of hydrogen-bond donors (Lipinski definition) is 1. The number of nitrogens with zero attached hydrogens (tertiary/aromatic N) is 2. The molecule has 16 heavy (non-hydrogen) atoms. The molecule has 0 fully saturated rings. The summed E-state index contributed by atoms with van der Waals surface area (Å²) in [5, 5.41) is 0. The first kappa shape index (κ1) is 12.7. The minimum Gasteiger partial charge on any atom is -0.383 e. The van der Waals surface area contributed by atoms with Crippen LogP contribution in [0.4, 0.5) is 19.0 Å². The molecule has 0 aromatic carbocycles. The van der Waals surface area contributed by atoms with Crippen LogP contribution in [0.3, 0.4) is 0 Å². The lowest BCUT2D eigenvalue weighted by atomic mass is 10.2. The molecule has 0 aliphatic rings. The lowest BCUT2D eigenvalue weighted by Crippen LogP contribution is -2.12. The summed E-state index contributed by atoms with van der Waals surface area (Å²) in [4.78, 5) is 7.91. The highest BCUT2D eigenvalue weighted by atomic mass is 19.4. The van der Waals surface area contributed by atoms with Crippen LogP contribution in [0.25, 0.3) is 0 Å². The highest BCUT2D eigenvalue weighted by molar-refractivity contribution is 5.41. The van der Waals surface area contributed by atoms with Gasteiger partial charge in [0.2, 0.25) is 0 Å². The zero-order valence-electron chi connectivity index (χ0n) is 9.23. The average molecular weight is 233 g/mol. The number of alkyl halides is 3. The fourth-order valence-corrected chi connectivity index (χ4v) is 1.34. The molecule has 90 valence electrons. The van der Waals surface area contributed by atoms with Crippen LogP contribution in [0, 0.1) is 6.92 Å². The van der Waals surface area contributed by atoms with E-state index in [0.29, 0.717) is 12.1 Å². The van der Waals surface area contributed by atoms with Gasteiger partial charge in [-0.1, -0.05) is 6.92 Å². The Hall–Kier alpha value is -1.33. The van der Waals surface area contributed by atoms with Crippen LogP contribution >= 0.6 is 0 Å². The van der Waals surface area contributed by atoms with Crippen LogP contribution < -0.4 is 5.73 Å². The van der Waals surface area contributed by atoms with E-state index in [-0.39, 0.29) is 18.1 Å². The van der Waals surface area contributed by atoms with Gasteiger partial charge in [-0.3, -0.25) is 0 Å². The van der Waals surface area contributed by atoms with Crippen LogP contribution in [-0.4, -0.2) is 16.1 Å². The molecule has 0 unspecified atom stereocenters. The molecule has 3 nitrogen and oxygen atoms in total. The van der Waals surface area contributed by atoms with Crippen molar-refractivity contribution in [1.29, 1.82) is 0 Å². The van der Waals surface area contributed by atoms with Crippen molar-refractivity contribution in [3.63, 3.8) is 0 Å². The van der Waals surface area contributed by atoms with Gasteiger partial charge in [0.25, 0.3) is 0 Å². The standard InChI is InChI=1S/C10H14F3N3/c1-3-7-6(2)9(14)16-8(15-7)4-5-10(11,12)13/h3-5H2,1-2H3,(H2,14,15,16). The Labute approximate surface area is 91.9 Å². The number of rotatable bonds is 3. The monoisotopic (exact) mass is 233 g/mol. The highest BCUT2D eigenvalue weighted by Crippen LogP contribution is 2.22. The number of halogens is 3. The van der Waals surface area contributed by atoms with Gasteiger partial charge >= 0.3 is 6.18 Å². The smallest absolute Gasteiger partial charge is 0.383 e. The lowest BCUT2D eigenvalue weighted by Gasteiger charge is -2.09. The summed E-state index contributed by atoms with van der Waals surface area (Å²) in [6, 6.07) is 0. The van der Waals surface area contributed by atoms with Crippen molar-refractivity contribution in [2.45, 2.75) is 39.3 Å². The van der Waals surface area contributed by atoms with E-state index >= 15 is 0 Å². The summed E-state index contributed by atoms with van der Waals surface area (Å²) in [5.41, 5.74) is 7.07.